The molecule has 0 aliphatic carbocycles. The van der Waals surface area contributed by atoms with Gasteiger partial charge in [-0.3, -0.25) is 5.43 Å². The number of nitrogens with two attached hydrogens (primary N) is 1. The summed E-state index contributed by atoms with van der Waals surface area (Å²) in [5.74, 6) is 8.95. The van der Waals surface area contributed by atoms with Crippen LogP contribution in [-0.2, 0) is 0 Å². The summed E-state index contributed by atoms with van der Waals surface area (Å²) in [7, 11) is 0. The first-order chi connectivity index (χ1) is 7.38. The fourth-order valence-electron chi connectivity index (χ4n) is 1.57. The molecule has 0 spiro atoms. The van der Waals surface area contributed by atoms with Gasteiger partial charge in [-0.2, -0.15) is 16.7 Å². The average molecular weight is 225 g/mol. The van der Waals surface area contributed by atoms with E-state index in [1.807, 2.05) is 17.8 Å². The lowest BCUT2D eigenvalue weighted by molar-refractivity contribution is 0.682. The zero-order valence-corrected chi connectivity index (χ0v) is 9.26. The number of nitrogens with zero attached hydrogens (tertiary/aromatic N) is 2. The number of nitrogens with one attached hydrogen (secondary N) is 2. The molecule has 2 rings (SSSR count). The van der Waals surface area contributed by atoms with Gasteiger partial charge >= 0.3 is 0 Å². The fourth-order valence-corrected chi connectivity index (χ4v) is 2.64. The van der Waals surface area contributed by atoms with Crippen molar-refractivity contribution in [3.8, 4) is 0 Å². The standard InChI is InChI=1S/C9H15N5S/c10-14-9-11-4-3-8(13-9)12-7-2-1-5-15-6-7/h3-4,7H,1-2,5-6,10H2,(H2,11,12,13,14). The highest BCUT2D eigenvalue weighted by Crippen LogP contribution is 2.20. The van der Waals surface area contributed by atoms with Crippen LogP contribution >= 0.6 is 11.8 Å². The summed E-state index contributed by atoms with van der Waals surface area (Å²) in [6.45, 7) is 0. The van der Waals surface area contributed by atoms with Crippen molar-refractivity contribution in [2.75, 3.05) is 22.2 Å². The number of hydrogen-bond donors (Lipinski definition) is 3. The minimum atomic E-state index is 0.448. The highest BCUT2D eigenvalue weighted by molar-refractivity contribution is 7.99. The first-order valence-electron chi connectivity index (χ1n) is 5.02. The second-order valence-electron chi connectivity index (χ2n) is 3.47. The third-order valence-electron chi connectivity index (χ3n) is 2.30. The molecule has 1 unspecified atom stereocenters. The number of rotatable bonds is 3. The minimum absolute atomic E-state index is 0.448. The summed E-state index contributed by atoms with van der Waals surface area (Å²) in [6.07, 6.45) is 4.18. The highest BCUT2D eigenvalue weighted by Gasteiger charge is 2.13. The van der Waals surface area contributed by atoms with Crippen LogP contribution in [0, 0.1) is 0 Å². The van der Waals surface area contributed by atoms with E-state index in [1.165, 1.54) is 18.6 Å². The SMILES string of the molecule is NNc1nccc(NC2CCCSC2)n1. The van der Waals surface area contributed by atoms with Crippen LogP contribution in [0.4, 0.5) is 11.8 Å². The van der Waals surface area contributed by atoms with Gasteiger partial charge in [-0.1, -0.05) is 0 Å². The van der Waals surface area contributed by atoms with Gasteiger partial charge in [0, 0.05) is 18.0 Å². The van der Waals surface area contributed by atoms with Gasteiger partial charge in [-0.15, -0.1) is 0 Å². The Bertz CT molecular complexity index is 313. The van der Waals surface area contributed by atoms with Crippen molar-refractivity contribution in [3.05, 3.63) is 12.3 Å². The van der Waals surface area contributed by atoms with E-state index >= 15 is 0 Å². The lowest BCUT2D eigenvalue weighted by Gasteiger charge is -2.22. The fraction of sp³-hybridized carbons (Fsp3) is 0.556. The molecular formula is C9H15N5S. The predicted octanol–water partition coefficient (Wildman–Crippen LogP) is 1.07. The summed E-state index contributed by atoms with van der Waals surface area (Å²) in [4.78, 5) is 8.18. The van der Waals surface area contributed by atoms with E-state index < -0.39 is 0 Å². The van der Waals surface area contributed by atoms with Gasteiger partial charge < -0.3 is 5.32 Å². The molecule has 1 saturated heterocycles. The molecule has 1 aromatic heterocycles. The van der Waals surface area contributed by atoms with Gasteiger partial charge in [0.05, 0.1) is 0 Å². The van der Waals surface area contributed by atoms with Gasteiger partial charge in [0.2, 0.25) is 5.95 Å². The molecule has 0 radical (unpaired) electrons. The molecule has 15 heavy (non-hydrogen) atoms. The van der Waals surface area contributed by atoms with Crippen molar-refractivity contribution < 1.29 is 0 Å². The van der Waals surface area contributed by atoms with Crippen molar-refractivity contribution in [1.82, 2.24) is 9.97 Å². The molecule has 1 aromatic rings. The predicted molar refractivity (Wildman–Crippen MR) is 63.8 cm³/mol. The first-order valence-corrected chi connectivity index (χ1v) is 6.18. The highest BCUT2D eigenvalue weighted by atomic mass is 32.2. The molecule has 1 atom stereocenters. The van der Waals surface area contributed by atoms with Gasteiger partial charge in [0.1, 0.15) is 5.82 Å². The van der Waals surface area contributed by atoms with E-state index in [9.17, 15) is 0 Å². The second-order valence-corrected chi connectivity index (χ2v) is 4.62. The number of nitrogen functional groups attached to an aromatic ring is 1. The molecule has 6 heteroatoms. The lowest BCUT2D eigenvalue weighted by Crippen LogP contribution is -2.26. The molecule has 2 heterocycles. The van der Waals surface area contributed by atoms with Crippen LogP contribution in [0.3, 0.4) is 0 Å². The molecule has 82 valence electrons. The average Bonchev–Trinajstić information content (AvgIpc) is 2.31. The molecule has 0 saturated carbocycles. The molecular weight excluding hydrogens is 210 g/mol. The molecule has 0 bridgehead atoms. The smallest absolute Gasteiger partial charge is 0.239 e. The number of aromatic nitrogens is 2. The Morgan fingerprint density at radius 3 is 3.20 bits per heavy atom. The maximum atomic E-state index is 5.24. The Kier molecular flexibility index (Phi) is 3.63. The topological polar surface area (TPSA) is 75.9 Å². The molecule has 0 aromatic carbocycles. The summed E-state index contributed by atoms with van der Waals surface area (Å²) in [5, 5.41) is 3.39. The molecule has 5 nitrogen and oxygen atoms in total. The number of anilines is 2. The number of thioether (sulfide) groups is 1. The van der Waals surface area contributed by atoms with Gasteiger partial charge in [-0.25, -0.2) is 10.8 Å². The van der Waals surface area contributed by atoms with E-state index in [4.69, 9.17) is 5.84 Å². The monoisotopic (exact) mass is 225 g/mol. The van der Waals surface area contributed by atoms with Crippen LogP contribution in [0.5, 0.6) is 0 Å². The third-order valence-corrected chi connectivity index (χ3v) is 3.51. The first kappa shape index (κ1) is 10.5. The summed E-state index contributed by atoms with van der Waals surface area (Å²) < 4.78 is 0. The van der Waals surface area contributed by atoms with Gasteiger partial charge in [-0.05, 0) is 24.7 Å². The quantitative estimate of drug-likeness (QED) is 0.528. The maximum Gasteiger partial charge on any atom is 0.239 e. The van der Waals surface area contributed by atoms with E-state index in [-0.39, 0.29) is 0 Å². The summed E-state index contributed by atoms with van der Waals surface area (Å²) in [5.41, 5.74) is 2.44. The minimum Gasteiger partial charge on any atom is -0.366 e. The second kappa shape index (κ2) is 5.18. The van der Waals surface area contributed by atoms with Crippen molar-refractivity contribution in [2.24, 2.45) is 5.84 Å². The molecule has 1 aliphatic heterocycles. The van der Waals surface area contributed by atoms with E-state index in [1.54, 1.807) is 6.20 Å². The normalized spacial score (nSPS) is 21.0. The van der Waals surface area contributed by atoms with Crippen molar-refractivity contribution in [1.29, 1.82) is 0 Å². The molecule has 0 amide bonds. The van der Waals surface area contributed by atoms with Gasteiger partial charge in [0.25, 0.3) is 0 Å². The third kappa shape index (κ3) is 2.97. The van der Waals surface area contributed by atoms with Crippen LogP contribution in [0.2, 0.25) is 0 Å². The molecule has 1 aliphatic rings. The zero-order chi connectivity index (χ0) is 10.5. The summed E-state index contributed by atoms with van der Waals surface area (Å²) in [6, 6.07) is 2.38. The van der Waals surface area contributed by atoms with Crippen molar-refractivity contribution in [3.63, 3.8) is 0 Å². The maximum absolute atomic E-state index is 5.24. The van der Waals surface area contributed by atoms with Crippen LogP contribution in [0.1, 0.15) is 12.8 Å². The van der Waals surface area contributed by atoms with E-state index in [0.717, 1.165) is 11.6 Å². The van der Waals surface area contributed by atoms with Crippen LogP contribution in [-0.4, -0.2) is 27.5 Å². The van der Waals surface area contributed by atoms with E-state index in [0.29, 0.717) is 12.0 Å². The molecule has 4 N–H and O–H groups in total. The van der Waals surface area contributed by atoms with E-state index in [2.05, 4.69) is 20.7 Å². The van der Waals surface area contributed by atoms with Crippen LogP contribution < -0.4 is 16.6 Å². The Hall–Kier alpha value is -1.01. The Balaban J connectivity index is 1.96. The number of hydrazine groups is 1. The number of hydrogen-bond acceptors (Lipinski definition) is 6. The zero-order valence-electron chi connectivity index (χ0n) is 8.44. The largest absolute Gasteiger partial charge is 0.366 e. The lowest BCUT2D eigenvalue weighted by atomic mass is 10.2. The van der Waals surface area contributed by atoms with Crippen LogP contribution in [0.15, 0.2) is 12.3 Å². The van der Waals surface area contributed by atoms with Crippen molar-refractivity contribution >= 4 is 23.5 Å². The Morgan fingerprint density at radius 1 is 1.53 bits per heavy atom. The summed E-state index contributed by atoms with van der Waals surface area (Å²) >= 11 is 1.99. The Morgan fingerprint density at radius 2 is 2.47 bits per heavy atom. The van der Waals surface area contributed by atoms with Crippen LogP contribution in [0.25, 0.3) is 0 Å². The van der Waals surface area contributed by atoms with Gasteiger partial charge in [0.15, 0.2) is 0 Å². The van der Waals surface area contributed by atoms with Crippen molar-refractivity contribution in [2.45, 2.75) is 18.9 Å². The molecule has 1 fully saturated rings. The Labute approximate surface area is 93.2 Å².